The molecule has 0 saturated heterocycles. The molecule has 0 saturated carbocycles. The molecular weight excluding hydrogens is 215 g/mol. The molecule has 14 heavy (non-hydrogen) atoms. The zero-order valence-electron chi connectivity index (χ0n) is 7.37. The van der Waals surface area contributed by atoms with Crippen molar-refractivity contribution in [3.63, 3.8) is 0 Å². The molecule has 0 bridgehead atoms. The van der Waals surface area contributed by atoms with Gasteiger partial charge in [0.1, 0.15) is 0 Å². The summed E-state index contributed by atoms with van der Waals surface area (Å²) in [5, 5.41) is 1.03. The fraction of sp³-hybridized carbons (Fsp3) is 0. The van der Waals surface area contributed by atoms with E-state index >= 15 is 0 Å². The van der Waals surface area contributed by atoms with Crippen molar-refractivity contribution >= 4 is 23.2 Å². The third-order valence-corrected chi connectivity index (χ3v) is 2.09. The van der Waals surface area contributed by atoms with Crippen molar-refractivity contribution in [1.82, 2.24) is 0 Å². The molecule has 0 heterocycles. The van der Waals surface area contributed by atoms with Gasteiger partial charge in [-0.2, -0.15) is 0 Å². The molecule has 0 aromatic heterocycles. The van der Waals surface area contributed by atoms with Crippen molar-refractivity contribution in [3.05, 3.63) is 70.7 Å². The van der Waals surface area contributed by atoms with Gasteiger partial charge in [0.2, 0.25) is 0 Å². The lowest BCUT2D eigenvalue weighted by atomic mass is 10.4. The maximum atomic E-state index is 5.55. The van der Waals surface area contributed by atoms with E-state index in [0.29, 0.717) is 10.0 Å². The molecule has 0 aliphatic carbocycles. The first-order chi connectivity index (χ1) is 6.80. The van der Waals surface area contributed by atoms with Gasteiger partial charge in [-0.1, -0.05) is 65.7 Å². The average Bonchev–Trinajstić information content (AvgIpc) is 2.26. The van der Waals surface area contributed by atoms with Crippen LogP contribution < -0.4 is 0 Å². The van der Waals surface area contributed by atoms with E-state index in [-0.39, 0.29) is 0 Å². The highest BCUT2D eigenvalue weighted by Gasteiger charge is 1.90. The molecule has 2 radical (unpaired) electrons. The van der Waals surface area contributed by atoms with E-state index < -0.39 is 0 Å². The Morgan fingerprint density at radius 3 is 1.86 bits per heavy atom. The van der Waals surface area contributed by atoms with Gasteiger partial charge in [-0.25, -0.2) is 0 Å². The molecule has 0 spiro atoms. The van der Waals surface area contributed by atoms with Gasteiger partial charge < -0.3 is 0 Å². The Morgan fingerprint density at radius 1 is 0.857 bits per heavy atom. The second kappa shape index (κ2) is 6.47. The van der Waals surface area contributed by atoms with E-state index in [1.165, 1.54) is 0 Å². The van der Waals surface area contributed by atoms with Gasteiger partial charge in [-0.15, -0.1) is 0 Å². The Hall–Kier alpha value is -0.980. The minimum Gasteiger partial charge on any atom is -0.0827 e. The number of benzene rings is 2. The van der Waals surface area contributed by atoms with Crippen molar-refractivity contribution in [1.29, 1.82) is 0 Å². The maximum absolute atomic E-state index is 5.55. The van der Waals surface area contributed by atoms with E-state index in [1.54, 1.807) is 18.2 Å². The van der Waals surface area contributed by atoms with Gasteiger partial charge in [0, 0.05) is 6.07 Å². The van der Waals surface area contributed by atoms with E-state index in [4.69, 9.17) is 23.2 Å². The minimum atomic E-state index is 0.481. The van der Waals surface area contributed by atoms with Crippen molar-refractivity contribution in [3.8, 4) is 0 Å². The summed E-state index contributed by atoms with van der Waals surface area (Å²) in [5.41, 5.74) is 0. The first-order valence-electron chi connectivity index (χ1n) is 4.03. The van der Waals surface area contributed by atoms with Gasteiger partial charge in [0.05, 0.1) is 10.0 Å². The predicted molar refractivity (Wildman–Crippen MR) is 60.6 cm³/mol. The fourth-order valence-electron chi connectivity index (χ4n) is 0.738. The van der Waals surface area contributed by atoms with Gasteiger partial charge >= 0.3 is 0 Å². The van der Waals surface area contributed by atoms with Crippen LogP contribution in [-0.4, -0.2) is 0 Å². The zero-order valence-corrected chi connectivity index (χ0v) is 8.89. The van der Waals surface area contributed by atoms with Crippen LogP contribution in [0.15, 0.2) is 48.5 Å². The van der Waals surface area contributed by atoms with Gasteiger partial charge in [0.25, 0.3) is 0 Å². The molecule has 0 nitrogen and oxygen atoms in total. The smallest absolute Gasteiger partial charge is 0.0671 e. The van der Waals surface area contributed by atoms with Crippen LogP contribution in [0.4, 0.5) is 0 Å². The second-order valence-electron chi connectivity index (χ2n) is 2.41. The van der Waals surface area contributed by atoms with Crippen LogP contribution >= 0.6 is 23.2 Å². The molecular formula is C12H8Cl2. The topological polar surface area (TPSA) is 0 Å². The highest BCUT2D eigenvalue weighted by Crippen LogP contribution is 2.18. The summed E-state index contributed by atoms with van der Waals surface area (Å²) in [6.07, 6.45) is 0. The SMILES string of the molecule is Clc1[c]cccc1Cl.[c]1ccccc1. The molecule has 2 aromatic rings. The number of hydrogen-bond acceptors (Lipinski definition) is 0. The highest BCUT2D eigenvalue weighted by molar-refractivity contribution is 6.41. The van der Waals surface area contributed by atoms with Gasteiger partial charge in [-0.3, -0.25) is 0 Å². The predicted octanol–water partition coefficient (Wildman–Crippen LogP) is 4.28. The van der Waals surface area contributed by atoms with Crippen LogP contribution in [0.3, 0.4) is 0 Å². The number of hydrogen-bond donors (Lipinski definition) is 0. The Labute approximate surface area is 94.1 Å². The molecule has 0 atom stereocenters. The van der Waals surface area contributed by atoms with Gasteiger partial charge in [0.15, 0.2) is 0 Å². The Bertz CT molecular complexity index is 310. The van der Waals surface area contributed by atoms with Crippen molar-refractivity contribution in [2.24, 2.45) is 0 Å². The monoisotopic (exact) mass is 222 g/mol. The lowest BCUT2D eigenvalue weighted by molar-refractivity contribution is 1.69. The average molecular weight is 223 g/mol. The van der Waals surface area contributed by atoms with Crippen LogP contribution in [0.1, 0.15) is 0 Å². The number of rotatable bonds is 0. The summed E-state index contributed by atoms with van der Waals surface area (Å²) in [5.74, 6) is 0. The van der Waals surface area contributed by atoms with Crippen LogP contribution in [0.2, 0.25) is 10.0 Å². The van der Waals surface area contributed by atoms with Gasteiger partial charge in [-0.05, 0) is 12.1 Å². The normalized spacial score (nSPS) is 8.71. The summed E-state index contributed by atoms with van der Waals surface area (Å²) in [6.45, 7) is 0. The Kier molecular flexibility index (Phi) is 5.13. The first-order valence-corrected chi connectivity index (χ1v) is 4.79. The summed E-state index contributed by atoms with van der Waals surface area (Å²) in [4.78, 5) is 0. The van der Waals surface area contributed by atoms with Crippen LogP contribution in [0.25, 0.3) is 0 Å². The second-order valence-corrected chi connectivity index (χ2v) is 3.19. The largest absolute Gasteiger partial charge is 0.0827 e. The molecule has 2 rings (SSSR count). The Morgan fingerprint density at radius 2 is 1.57 bits per heavy atom. The van der Waals surface area contributed by atoms with Crippen LogP contribution in [0, 0.1) is 12.1 Å². The first kappa shape index (κ1) is 11.1. The summed E-state index contributed by atoms with van der Waals surface area (Å²) in [7, 11) is 0. The van der Waals surface area contributed by atoms with Crippen molar-refractivity contribution in [2.45, 2.75) is 0 Å². The maximum Gasteiger partial charge on any atom is 0.0671 e. The molecule has 0 fully saturated rings. The Balaban J connectivity index is 0.000000146. The van der Waals surface area contributed by atoms with E-state index in [2.05, 4.69) is 12.1 Å². The van der Waals surface area contributed by atoms with E-state index in [1.807, 2.05) is 30.3 Å². The molecule has 70 valence electrons. The van der Waals surface area contributed by atoms with Crippen LogP contribution in [-0.2, 0) is 0 Å². The molecule has 0 aliphatic heterocycles. The van der Waals surface area contributed by atoms with Crippen molar-refractivity contribution in [2.75, 3.05) is 0 Å². The van der Waals surface area contributed by atoms with Crippen LogP contribution in [0.5, 0.6) is 0 Å². The third kappa shape index (κ3) is 4.31. The van der Waals surface area contributed by atoms with E-state index in [0.717, 1.165) is 0 Å². The summed E-state index contributed by atoms with van der Waals surface area (Å²) >= 11 is 11.1. The molecule has 0 amide bonds. The molecule has 0 N–H and O–H groups in total. The third-order valence-electron chi connectivity index (χ3n) is 1.37. The molecule has 0 unspecified atom stereocenters. The summed E-state index contributed by atoms with van der Waals surface area (Å²) < 4.78 is 0. The lowest BCUT2D eigenvalue weighted by Crippen LogP contribution is -1.63. The number of halogens is 2. The minimum absolute atomic E-state index is 0.481. The zero-order chi connectivity index (χ0) is 10.2. The molecule has 2 aromatic carbocycles. The summed E-state index contributed by atoms with van der Waals surface area (Å²) in [6, 6.07) is 20.5. The highest BCUT2D eigenvalue weighted by atomic mass is 35.5. The molecule has 0 aliphatic rings. The quantitative estimate of drug-likeness (QED) is 0.625. The van der Waals surface area contributed by atoms with E-state index in [9.17, 15) is 0 Å². The fourth-order valence-corrected chi connectivity index (χ4v) is 0.991. The molecule has 2 heteroatoms. The van der Waals surface area contributed by atoms with Crippen molar-refractivity contribution < 1.29 is 0 Å². The lowest BCUT2D eigenvalue weighted by Gasteiger charge is -1.87. The standard InChI is InChI=1S/C6H3Cl2.C6H5/c7-5-3-1-2-4-6(5)8;1-2-4-6-5-3-1/h1-3H;1-5H.